The highest BCUT2D eigenvalue weighted by atomic mass is 32.2. The topological polar surface area (TPSA) is 86.7 Å². The van der Waals surface area contributed by atoms with E-state index in [1.54, 1.807) is 6.92 Å². The normalized spacial score (nSPS) is 21.2. The molecule has 0 aromatic rings. The zero-order valence-electron chi connectivity index (χ0n) is 13.4. The average molecular weight is 320 g/mol. The number of nitrogens with zero attached hydrogens (tertiary/aromatic N) is 1. The fourth-order valence-corrected chi connectivity index (χ4v) is 3.70. The average Bonchev–Trinajstić information content (AvgIpc) is 2.33. The van der Waals surface area contributed by atoms with Crippen LogP contribution in [-0.2, 0) is 14.8 Å². The molecule has 1 unspecified atom stereocenters. The molecule has 1 atom stereocenters. The minimum atomic E-state index is -3.16. The molecule has 0 aromatic carbocycles. The maximum Gasteiger partial charge on any atom is 0.223 e. The molecule has 1 fully saturated rings. The lowest BCUT2D eigenvalue weighted by molar-refractivity contribution is -0.127. The first-order valence-electron chi connectivity index (χ1n) is 7.46. The molecule has 1 saturated heterocycles. The van der Waals surface area contributed by atoms with Gasteiger partial charge < -0.3 is 10.4 Å². The maximum absolute atomic E-state index is 12.1. The molecule has 1 aliphatic heterocycles. The maximum atomic E-state index is 12.1. The van der Waals surface area contributed by atoms with E-state index >= 15 is 0 Å². The van der Waals surface area contributed by atoms with Gasteiger partial charge in [-0.25, -0.2) is 12.7 Å². The van der Waals surface area contributed by atoms with Crippen LogP contribution in [0.2, 0.25) is 0 Å². The Labute approximate surface area is 128 Å². The molecule has 1 rings (SSSR count). The van der Waals surface area contributed by atoms with Crippen LogP contribution < -0.4 is 5.32 Å². The predicted octanol–water partition coefficient (Wildman–Crippen LogP) is 0.571. The van der Waals surface area contributed by atoms with Gasteiger partial charge in [0, 0.05) is 25.6 Å². The molecule has 7 heteroatoms. The number of aliphatic hydroxyl groups is 1. The Morgan fingerprint density at radius 2 is 1.90 bits per heavy atom. The summed E-state index contributed by atoms with van der Waals surface area (Å²) in [6.07, 6.45) is 2.88. The van der Waals surface area contributed by atoms with Crippen molar-refractivity contribution >= 4 is 15.9 Å². The summed E-state index contributed by atoms with van der Waals surface area (Å²) in [6, 6.07) is 0. The molecular formula is C14H28N2O4S. The molecule has 0 radical (unpaired) electrons. The first kappa shape index (κ1) is 18.4. The van der Waals surface area contributed by atoms with E-state index < -0.39 is 15.6 Å². The van der Waals surface area contributed by atoms with Gasteiger partial charge in [0.15, 0.2) is 0 Å². The summed E-state index contributed by atoms with van der Waals surface area (Å²) in [5, 5.41) is 13.0. The SMILES string of the molecule is CC(C)CC(C)(O)CNC(=O)C1CCN(S(C)(=O)=O)CC1. The largest absolute Gasteiger partial charge is 0.388 e. The van der Waals surface area contributed by atoms with Crippen LogP contribution in [0, 0.1) is 11.8 Å². The molecule has 0 aliphatic carbocycles. The summed E-state index contributed by atoms with van der Waals surface area (Å²) >= 11 is 0. The predicted molar refractivity (Wildman–Crippen MR) is 82.2 cm³/mol. The van der Waals surface area contributed by atoms with Crippen LogP contribution in [-0.4, -0.2) is 55.2 Å². The van der Waals surface area contributed by atoms with Crippen molar-refractivity contribution in [1.82, 2.24) is 9.62 Å². The van der Waals surface area contributed by atoms with Crippen LogP contribution in [0.4, 0.5) is 0 Å². The van der Waals surface area contributed by atoms with Crippen molar-refractivity contribution in [3.63, 3.8) is 0 Å². The molecule has 0 aromatic heterocycles. The van der Waals surface area contributed by atoms with E-state index in [-0.39, 0.29) is 18.4 Å². The van der Waals surface area contributed by atoms with E-state index in [0.29, 0.717) is 38.3 Å². The highest BCUT2D eigenvalue weighted by molar-refractivity contribution is 7.88. The second kappa shape index (κ2) is 7.07. The molecule has 6 nitrogen and oxygen atoms in total. The molecule has 0 bridgehead atoms. The van der Waals surface area contributed by atoms with Gasteiger partial charge in [-0.2, -0.15) is 0 Å². The van der Waals surface area contributed by atoms with Crippen LogP contribution in [0.1, 0.15) is 40.0 Å². The lowest BCUT2D eigenvalue weighted by Gasteiger charge is -2.31. The van der Waals surface area contributed by atoms with Crippen molar-refractivity contribution in [2.75, 3.05) is 25.9 Å². The van der Waals surface area contributed by atoms with Gasteiger partial charge in [-0.15, -0.1) is 0 Å². The van der Waals surface area contributed by atoms with Gasteiger partial charge >= 0.3 is 0 Å². The number of piperidine rings is 1. The summed E-state index contributed by atoms with van der Waals surface area (Å²) in [7, 11) is -3.16. The van der Waals surface area contributed by atoms with E-state index in [1.165, 1.54) is 10.6 Å². The van der Waals surface area contributed by atoms with Gasteiger partial charge in [0.1, 0.15) is 0 Å². The number of nitrogens with one attached hydrogen (secondary N) is 1. The van der Waals surface area contributed by atoms with Gasteiger partial charge in [-0.3, -0.25) is 4.79 Å². The first-order valence-corrected chi connectivity index (χ1v) is 9.31. The van der Waals surface area contributed by atoms with Crippen molar-refractivity contribution < 1.29 is 18.3 Å². The summed E-state index contributed by atoms with van der Waals surface area (Å²) in [4.78, 5) is 12.1. The molecule has 0 spiro atoms. The van der Waals surface area contributed by atoms with Crippen LogP contribution >= 0.6 is 0 Å². The zero-order chi connectivity index (χ0) is 16.3. The van der Waals surface area contributed by atoms with Crippen LogP contribution in [0.5, 0.6) is 0 Å². The third kappa shape index (κ3) is 6.32. The Hall–Kier alpha value is -0.660. The highest BCUT2D eigenvalue weighted by Crippen LogP contribution is 2.20. The van der Waals surface area contributed by atoms with Gasteiger partial charge in [0.05, 0.1) is 11.9 Å². The van der Waals surface area contributed by atoms with Gasteiger partial charge in [0.25, 0.3) is 0 Å². The summed E-state index contributed by atoms with van der Waals surface area (Å²) < 4.78 is 24.2. The number of hydrogen-bond donors (Lipinski definition) is 2. The number of hydrogen-bond acceptors (Lipinski definition) is 4. The fourth-order valence-electron chi connectivity index (χ4n) is 2.82. The summed E-state index contributed by atoms with van der Waals surface area (Å²) in [5.74, 6) is 0.0972. The summed E-state index contributed by atoms with van der Waals surface area (Å²) in [5.41, 5.74) is -0.905. The molecule has 21 heavy (non-hydrogen) atoms. The Morgan fingerprint density at radius 3 is 2.33 bits per heavy atom. The first-order chi connectivity index (χ1) is 9.51. The molecule has 0 saturated carbocycles. The highest BCUT2D eigenvalue weighted by Gasteiger charge is 2.30. The Morgan fingerprint density at radius 1 is 1.38 bits per heavy atom. The van der Waals surface area contributed by atoms with Crippen LogP contribution in [0.15, 0.2) is 0 Å². The number of carbonyl (C=O) groups is 1. The minimum absolute atomic E-state index is 0.0906. The number of sulfonamides is 1. The van der Waals surface area contributed by atoms with Crippen molar-refractivity contribution in [3.8, 4) is 0 Å². The standard InChI is InChI=1S/C14H28N2O4S/c1-11(2)9-14(3,18)10-15-13(17)12-5-7-16(8-6-12)21(4,19)20/h11-12,18H,5-10H2,1-4H3,(H,15,17). The third-order valence-electron chi connectivity index (χ3n) is 3.79. The Kier molecular flexibility index (Phi) is 6.19. The van der Waals surface area contributed by atoms with Gasteiger partial charge in [-0.05, 0) is 32.1 Å². The molecule has 124 valence electrons. The monoisotopic (exact) mass is 320 g/mol. The molecular weight excluding hydrogens is 292 g/mol. The van der Waals surface area contributed by atoms with Gasteiger partial charge in [0.2, 0.25) is 15.9 Å². The van der Waals surface area contributed by atoms with Crippen molar-refractivity contribution in [2.45, 2.75) is 45.6 Å². The van der Waals surface area contributed by atoms with E-state index in [4.69, 9.17) is 0 Å². The van der Waals surface area contributed by atoms with Crippen molar-refractivity contribution in [3.05, 3.63) is 0 Å². The number of amides is 1. The quantitative estimate of drug-likeness (QED) is 0.749. The second-order valence-electron chi connectivity index (χ2n) is 6.75. The van der Waals surface area contributed by atoms with Crippen molar-refractivity contribution in [2.24, 2.45) is 11.8 Å². The number of rotatable bonds is 6. The lowest BCUT2D eigenvalue weighted by atomic mass is 9.93. The van der Waals surface area contributed by atoms with E-state index in [1.807, 2.05) is 13.8 Å². The zero-order valence-corrected chi connectivity index (χ0v) is 14.2. The molecule has 1 aliphatic rings. The van der Waals surface area contributed by atoms with E-state index in [9.17, 15) is 18.3 Å². The van der Waals surface area contributed by atoms with Gasteiger partial charge in [-0.1, -0.05) is 13.8 Å². The van der Waals surface area contributed by atoms with Crippen LogP contribution in [0.25, 0.3) is 0 Å². The smallest absolute Gasteiger partial charge is 0.223 e. The Bertz CT molecular complexity index is 452. The second-order valence-corrected chi connectivity index (χ2v) is 8.73. The molecule has 2 N–H and O–H groups in total. The fraction of sp³-hybridized carbons (Fsp3) is 0.929. The van der Waals surface area contributed by atoms with E-state index in [2.05, 4.69) is 5.32 Å². The van der Waals surface area contributed by atoms with Crippen molar-refractivity contribution in [1.29, 1.82) is 0 Å². The lowest BCUT2D eigenvalue weighted by Crippen LogP contribution is -2.46. The molecule has 1 heterocycles. The third-order valence-corrected chi connectivity index (χ3v) is 5.09. The Balaban J connectivity index is 2.41. The van der Waals surface area contributed by atoms with Crippen LogP contribution in [0.3, 0.4) is 0 Å². The van der Waals surface area contributed by atoms with E-state index in [0.717, 1.165) is 0 Å². The molecule has 1 amide bonds. The summed E-state index contributed by atoms with van der Waals surface area (Å²) in [6.45, 7) is 6.78. The minimum Gasteiger partial charge on any atom is -0.388 e. The number of carbonyl (C=O) groups excluding carboxylic acids is 1.